The normalized spacial score (nSPS) is 10.5. The van der Waals surface area contributed by atoms with Gasteiger partial charge in [0.2, 0.25) is 0 Å². The lowest BCUT2D eigenvalue weighted by Gasteiger charge is -2.13. The zero-order valence-electron chi connectivity index (χ0n) is 12.7. The second-order valence-electron chi connectivity index (χ2n) is 5.33. The van der Waals surface area contributed by atoms with Crippen LogP contribution in [0.25, 0.3) is 21.9 Å². The van der Waals surface area contributed by atoms with Gasteiger partial charge in [0.05, 0.1) is 11.3 Å². The molecule has 0 aliphatic carbocycles. The van der Waals surface area contributed by atoms with Crippen molar-refractivity contribution in [3.63, 3.8) is 0 Å². The van der Waals surface area contributed by atoms with E-state index in [1.165, 1.54) is 6.07 Å². The Morgan fingerprint density at radius 2 is 1.67 bits per heavy atom. The number of hydrogen-bond donors (Lipinski definition) is 4. The Kier molecular flexibility index (Phi) is 3.79. The van der Waals surface area contributed by atoms with Crippen molar-refractivity contribution >= 4 is 34.1 Å². The van der Waals surface area contributed by atoms with E-state index in [1.54, 1.807) is 6.07 Å². The molecule has 0 aromatic heterocycles. The van der Waals surface area contributed by atoms with E-state index < -0.39 is 5.97 Å². The third-order valence-corrected chi connectivity index (χ3v) is 3.71. The van der Waals surface area contributed by atoms with Crippen LogP contribution in [0, 0.1) is 0 Å². The fourth-order valence-corrected chi connectivity index (χ4v) is 2.77. The molecule has 0 aliphatic heterocycles. The number of benzene rings is 3. The van der Waals surface area contributed by atoms with E-state index in [0.717, 1.165) is 16.3 Å². The van der Waals surface area contributed by atoms with Crippen LogP contribution in [0.5, 0.6) is 0 Å². The third kappa shape index (κ3) is 2.72. The van der Waals surface area contributed by atoms with Gasteiger partial charge in [0.15, 0.2) is 5.96 Å². The monoisotopic (exact) mass is 320 g/mol. The molecule has 0 bridgehead atoms. The maximum absolute atomic E-state index is 11.7. The highest BCUT2D eigenvalue weighted by atomic mass is 16.4. The van der Waals surface area contributed by atoms with Gasteiger partial charge in [-0.25, -0.2) is 9.79 Å². The highest BCUT2D eigenvalue weighted by Gasteiger charge is 2.18. The van der Waals surface area contributed by atoms with Crippen LogP contribution in [-0.4, -0.2) is 17.0 Å². The van der Waals surface area contributed by atoms with Crippen LogP contribution < -0.4 is 17.2 Å². The number of carboxylic acids is 1. The summed E-state index contributed by atoms with van der Waals surface area (Å²) in [6.07, 6.45) is 0. The molecule has 0 saturated carbocycles. The molecule has 0 spiro atoms. The highest BCUT2D eigenvalue weighted by molar-refractivity contribution is 6.07. The van der Waals surface area contributed by atoms with E-state index in [0.29, 0.717) is 11.3 Å². The van der Waals surface area contributed by atoms with Gasteiger partial charge < -0.3 is 22.3 Å². The standard InChI is InChI=1S/C18H16N4O2/c19-15-9-11(22-18(20)21)8-14(16(15)17(23)24)13-7-3-5-10-4-1-2-6-12(10)13/h1-9H,19H2,(H,23,24)(H4,20,21,22). The van der Waals surface area contributed by atoms with E-state index >= 15 is 0 Å². The second kappa shape index (κ2) is 5.92. The lowest BCUT2D eigenvalue weighted by molar-refractivity contribution is 0.0699. The number of aromatic carboxylic acids is 1. The molecule has 0 unspecified atom stereocenters. The van der Waals surface area contributed by atoms with Crippen LogP contribution in [0.15, 0.2) is 59.6 Å². The molecule has 24 heavy (non-hydrogen) atoms. The molecule has 0 atom stereocenters. The average Bonchev–Trinajstić information content (AvgIpc) is 2.52. The maximum Gasteiger partial charge on any atom is 0.338 e. The summed E-state index contributed by atoms with van der Waals surface area (Å²) < 4.78 is 0. The number of aliphatic imine (C=N–C) groups is 1. The van der Waals surface area contributed by atoms with Crippen molar-refractivity contribution in [2.45, 2.75) is 0 Å². The predicted molar refractivity (Wildman–Crippen MR) is 96.2 cm³/mol. The quantitative estimate of drug-likeness (QED) is 0.335. The average molecular weight is 320 g/mol. The van der Waals surface area contributed by atoms with Crippen molar-refractivity contribution in [2.24, 2.45) is 16.5 Å². The van der Waals surface area contributed by atoms with Crippen molar-refractivity contribution in [3.8, 4) is 11.1 Å². The van der Waals surface area contributed by atoms with Crippen molar-refractivity contribution in [1.82, 2.24) is 0 Å². The number of guanidine groups is 1. The summed E-state index contributed by atoms with van der Waals surface area (Å²) in [4.78, 5) is 15.7. The number of rotatable bonds is 3. The summed E-state index contributed by atoms with van der Waals surface area (Å²) in [7, 11) is 0. The zero-order chi connectivity index (χ0) is 17.3. The maximum atomic E-state index is 11.7. The van der Waals surface area contributed by atoms with Crippen LogP contribution in [0.4, 0.5) is 11.4 Å². The first-order valence-electron chi connectivity index (χ1n) is 7.22. The Morgan fingerprint density at radius 1 is 0.958 bits per heavy atom. The van der Waals surface area contributed by atoms with Gasteiger partial charge >= 0.3 is 5.97 Å². The lowest BCUT2D eigenvalue weighted by atomic mass is 9.93. The Labute approximate surface area is 138 Å². The highest BCUT2D eigenvalue weighted by Crippen LogP contribution is 2.36. The molecular weight excluding hydrogens is 304 g/mol. The Balaban J connectivity index is 2.38. The molecule has 0 fully saturated rings. The van der Waals surface area contributed by atoms with E-state index in [2.05, 4.69) is 4.99 Å². The molecule has 3 aromatic carbocycles. The molecule has 3 rings (SSSR count). The molecule has 0 amide bonds. The topological polar surface area (TPSA) is 128 Å². The molecule has 7 N–H and O–H groups in total. The van der Waals surface area contributed by atoms with Crippen molar-refractivity contribution in [3.05, 3.63) is 60.2 Å². The zero-order valence-corrected chi connectivity index (χ0v) is 12.7. The summed E-state index contributed by atoms with van der Waals surface area (Å²) in [5.41, 5.74) is 18.6. The van der Waals surface area contributed by atoms with E-state index in [1.807, 2.05) is 42.5 Å². The molecule has 0 heterocycles. The van der Waals surface area contributed by atoms with E-state index in [-0.39, 0.29) is 17.2 Å². The second-order valence-corrected chi connectivity index (χ2v) is 5.33. The first-order chi connectivity index (χ1) is 11.5. The Hall–Kier alpha value is -3.54. The van der Waals surface area contributed by atoms with Gasteiger partial charge in [0.1, 0.15) is 0 Å². The molecule has 6 heteroatoms. The number of nitrogens with two attached hydrogens (primary N) is 3. The molecule has 6 nitrogen and oxygen atoms in total. The van der Waals surface area contributed by atoms with Crippen LogP contribution in [0.3, 0.4) is 0 Å². The van der Waals surface area contributed by atoms with E-state index in [4.69, 9.17) is 17.2 Å². The number of nitrogens with zero attached hydrogens (tertiary/aromatic N) is 1. The molecule has 0 radical (unpaired) electrons. The van der Waals surface area contributed by atoms with Crippen LogP contribution >= 0.6 is 0 Å². The number of carbonyl (C=O) groups is 1. The molecule has 3 aromatic rings. The Bertz CT molecular complexity index is 971. The minimum Gasteiger partial charge on any atom is -0.478 e. The third-order valence-electron chi connectivity index (χ3n) is 3.71. The molecule has 0 aliphatic rings. The number of fused-ring (bicyclic) bond motifs is 1. The van der Waals surface area contributed by atoms with Gasteiger partial charge in [-0.3, -0.25) is 0 Å². The molecule has 120 valence electrons. The molecule has 0 saturated heterocycles. The molecular formula is C18H16N4O2. The minimum atomic E-state index is -1.10. The fourth-order valence-electron chi connectivity index (χ4n) is 2.77. The van der Waals surface area contributed by atoms with Gasteiger partial charge in [-0.15, -0.1) is 0 Å². The van der Waals surface area contributed by atoms with Gasteiger partial charge in [-0.05, 0) is 28.5 Å². The van der Waals surface area contributed by atoms with E-state index in [9.17, 15) is 9.90 Å². The van der Waals surface area contributed by atoms with Crippen molar-refractivity contribution in [2.75, 3.05) is 5.73 Å². The van der Waals surface area contributed by atoms with Gasteiger partial charge in [0.25, 0.3) is 0 Å². The smallest absolute Gasteiger partial charge is 0.338 e. The fraction of sp³-hybridized carbons (Fsp3) is 0. The number of carboxylic acid groups (broad SMARTS) is 1. The number of anilines is 1. The van der Waals surface area contributed by atoms with Crippen molar-refractivity contribution < 1.29 is 9.90 Å². The summed E-state index contributed by atoms with van der Waals surface area (Å²) in [5.74, 6) is -1.23. The largest absolute Gasteiger partial charge is 0.478 e. The first kappa shape index (κ1) is 15.4. The van der Waals surface area contributed by atoms with Crippen LogP contribution in [0.1, 0.15) is 10.4 Å². The SMILES string of the molecule is NC(N)=Nc1cc(N)c(C(=O)O)c(-c2cccc3ccccc23)c1. The van der Waals surface area contributed by atoms with Gasteiger partial charge in [0, 0.05) is 11.3 Å². The van der Waals surface area contributed by atoms with Crippen LogP contribution in [-0.2, 0) is 0 Å². The number of hydrogen-bond acceptors (Lipinski definition) is 3. The predicted octanol–water partition coefficient (Wildman–Crippen LogP) is 2.69. The lowest BCUT2D eigenvalue weighted by Crippen LogP contribution is -2.21. The number of nitrogen functional groups attached to an aromatic ring is 1. The van der Waals surface area contributed by atoms with Crippen LogP contribution in [0.2, 0.25) is 0 Å². The first-order valence-corrected chi connectivity index (χ1v) is 7.22. The Morgan fingerprint density at radius 3 is 2.38 bits per heavy atom. The summed E-state index contributed by atoms with van der Waals surface area (Å²) in [5, 5.41) is 11.5. The summed E-state index contributed by atoms with van der Waals surface area (Å²) >= 11 is 0. The van der Waals surface area contributed by atoms with Gasteiger partial charge in [-0.2, -0.15) is 0 Å². The van der Waals surface area contributed by atoms with Crippen molar-refractivity contribution in [1.29, 1.82) is 0 Å². The summed E-state index contributed by atoms with van der Waals surface area (Å²) in [6.45, 7) is 0. The minimum absolute atomic E-state index is 0.0286. The van der Waals surface area contributed by atoms with Gasteiger partial charge in [-0.1, -0.05) is 42.5 Å². The summed E-state index contributed by atoms with van der Waals surface area (Å²) in [6, 6.07) is 16.5.